The van der Waals surface area contributed by atoms with E-state index in [1.807, 2.05) is 12.1 Å². The fourth-order valence-corrected chi connectivity index (χ4v) is 2.06. The minimum absolute atomic E-state index is 0.136. The zero-order chi connectivity index (χ0) is 13.8. The van der Waals surface area contributed by atoms with Crippen molar-refractivity contribution in [1.82, 2.24) is 20.3 Å². The van der Waals surface area contributed by atoms with E-state index in [1.54, 1.807) is 18.5 Å². The Bertz CT molecular complexity index is 596. The van der Waals surface area contributed by atoms with Crippen molar-refractivity contribution in [2.75, 3.05) is 6.54 Å². The van der Waals surface area contributed by atoms with Crippen LogP contribution in [0.15, 0.2) is 36.9 Å². The zero-order valence-corrected chi connectivity index (χ0v) is 11.1. The standard InChI is InChI=1S/C15H16N4O/c20-15(17-8-5-11-3-6-16-7-4-11)14-9-13(12-1-2-12)18-10-19-14/h3-4,6-7,9-10,12H,1-2,5,8H2,(H,17,20). The molecule has 0 radical (unpaired) electrons. The largest absolute Gasteiger partial charge is 0.350 e. The average Bonchev–Trinajstić information content (AvgIpc) is 3.33. The Labute approximate surface area is 117 Å². The first-order valence-corrected chi connectivity index (χ1v) is 6.82. The van der Waals surface area contributed by atoms with E-state index in [0.29, 0.717) is 18.2 Å². The zero-order valence-electron chi connectivity index (χ0n) is 11.1. The van der Waals surface area contributed by atoms with Crippen LogP contribution in [0.1, 0.15) is 40.5 Å². The molecule has 2 heterocycles. The van der Waals surface area contributed by atoms with Gasteiger partial charge in [0, 0.05) is 30.6 Å². The summed E-state index contributed by atoms with van der Waals surface area (Å²) < 4.78 is 0. The summed E-state index contributed by atoms with van der Waals surface area (Å²) >= 11 is 0. The summed E-state index contributed by atoms with van der Waals surface area (Å²) in [7, 11) is 0. The number of aromatic nitrogens is 3. The second kappa shape index (κ2) is 5.77. The second-order valence-electron chi connectivity index (χ2n) is 4.96. The van der Waals surface area contributed by atoms with E-state index >= 15 is 0 Å². The van der Waals surface area contributed by atoms with Gasteiger partial charge in [0.25, 0.3) is 5.91 Å². The van der Waals surface area contributed by atoms with Crippen molar-refractivity contribution >= 4 is 5.91 Å². The molecular formula is C15H16N4O. The van der Waals surface area contributed by atoms with E-state index in [-0.39, 0.29) is 5.91 Å². The molecule has 2 aromatic rings. The minimum atomic E-state index is -0.136. The molecule has 0 spiro atoms. The Morgan fingerprint density at radius 2 is 2.05 bits per heavy atom. The predicted octanol–water partition coefficient (Wildman–Crippen LogP) is 1.72. The summed E-state index contributed by atoms with van der Waals surface area (Å²) in [4.78, 5) is 24.2. The van der Waals surface area contributed by atoms with Gasteiger partial charge in [-0.3, -0.25) is 9.78 Å². The number of amides is 1. The van der Waals surface area contributed by atoms with E-state index in [9.17, 15) is 4.79 Å². The lowest BCUT2D eigenvalue weighted by molar-refractivity contribution is 0.0949. The van der Waals surface area contributed by atoms with Crippen molar-refractivity contribution < 1.29 is 4.79 Å². The third kappa shape index (κ3) is 3.17. The Kier molecular flexibility index (Phi) is 3.67. The fraction of sp³-hybridized carbons (Fsp3) is 0.333. The first kappa shape index (κ1) is 12.7. The van der Waals surface area contributed by atoms with E-state index < -0.39 is 0 Å². The molecule has 1 saturated carbocycles. The van der Waals surface area contributed by atoms with Gasteiger partial charge < -0.3 is 5.32 Å². The number of carbonyl (C=O) groups excluding carboxylic acids is 1. The number of rotatable bonds is 5. The van der Waals surface area contributed by atoms with Crippen LogP contribution in [-0.2, 0) is 6.42 Å². The van der Waals surface area contributed by atoms with Crippen LogP contribution in [0.2, 0.25) is 0 Å². The highest BCUT2D eigenvalue weighted by Gasteiger charge is 2.25. The van der Waals surface area contributed by atoms with Gasteiger partial charge in [-0.2, -0.15) is 0 Å². The van der Waals surface area contributed by atoms with Crippen molar-refractivity contribution in [3.8, 4) is 0 Å². The van der Waals surface area contributed by atoms with Crippen molar-refractivity contribution in [3.63, 3.8) is 0 Å². The number of pyridine rings is 1. The maximum absolute atomic E-state index is 12.0. The molecule has 2 aromatic heterocycles. The van der Waals surface area contributed by atoms with Gasteiger partial charge in [0.1, 0.15) is 12.0 Å². The summed E-state index contributed by atoms with van der Waals surface area (Å²) in [5.41, 5.74) is 2.59. The molecular weight excluding hydrogens is 252 g/mol. The molecule has 1 aliphatic rings. The third-order valence-electron chi connectivity index (χ3n) is 3.37. The number of nitrogens with zero attached hydrogens (tertiary/aromatic N) is 3. The first-order chi connectivity index (χ1) is 9.83. The Morgan fingerprint density at radius 3 is 2.80 bits per heavy atom. The average molecular weight is 268 g/mol. The van der Waals surface area contributed by atoms with Crippen LogP contribution in [-0.4, -0.2) is 27.4 Å². The normalized spacial score (nSPS) is 14.0. The molecule has 1 fully saturated rings. The molecule has 0 aromatic carbocycles. The topological polar surface area (TPSA) is 67.8 Å². The number of carbonyl (C=O) groups is 1. The Morgan fingerprint density at radius 1 is 1.25 bits per heavy atom. The van der Waals surface area contributed by atoms with Crippen LogP contribution in [0, 0.1) is 0 Å². The van der Waals surface area contributed by atoms with E-state index in [4.69, 9.17) is 0 Å². The second-order valence-corrected chi connectivity index (χ2v) is 4.96. The highest BCUT2D eigenvalue weighted by atomic mass is 16.1. The molecule has 102 valence electrons. The Hall–Kier alpha value is -2.30. The number of hydrogen-bond donors (Lipinski definition) is 1. The maximum atomic E-state index is 12.0. The maximum Gasteiger partial charge on any atom is 0.270 e. The lowest BCUT2D eigenvalue weighted by atomic mass is 10.2. The molecule has 0 bridgehead atoms. The van der Waals surface area contributed by atoms with Gasteiger partial charge in [-0.1, -0.05) is 0 Å². The summed E-state index contributed by atoms with van der Waals surface area (Å²) in [5.74, 6) is 0.393. The number of hydrogen-bond acceptors (Lipinski definition) is 4. The highest BCUT2D eigenvalue weighted by molar-refractivity contribution is 5.92. The van der Waals surface area contributed by atoms with Gasteiger partial charge in [0.2, 0.25) is 0 Å². The van der Waals surface area contributed by atoms with E-state index in [1.165, 1.54) is 19.2 Å². The number of nitrogens with one attached hydrogen (secondary N) is 1. The van der Waals surface area contributed by atoms with Gasteiger partial charge >= 0.3 is 0 Å². The molecule has 1 aliphatic carbocycles. The first-order valence-electron chi connectivity index (χ1n) is 6.82. The minimum Gasteiger partial charge on any atom is -0.350 e. The van der Waals surface area contributed by atoms with Gasteiger partial charge in [0.15, 0.2) is 0 Å². The van der Waals surface area contributed by atoms with E-state index in [0.717, 1.165) is 17.7 Å². The molecule has 3 rings (SSSR count). The van der Waals surface area contributed by atoms with Crippen molar-refractivity contribution in [3.05, 3.63) is 53.9 Å². The monoisotopic (exact) mass is 268 g/mol. The SMILES string of the molecule is O=C(NCCc1ccncc1)c1cc(C2CC2)ncn1. The van der Waals surface area contributed by atoms with Gasteiger partial charge in [-0.15, -0.1) is 0 Å². The third-order valence-corrected chi connectivity index (χ3v) is 3.37. The van der Waals surface area contributed by atoms with Gasteiger partial charge in [-0.05, 0) is 43.0 Å². The van der Waals surface area contributed by atoms with Crippen LogP contribution in [0.3, 0.4) is 0 Å². The molecule has 0 atom stereocenters. The summed E-state index contributed by atoms with van der Waals surface area (Å²) in [6, 6.07) is 5.70. The molecule has 1 N–H and O–H groups in total. The molecule has 1 amide bonds. The lowest BCUT2D eigenvalue weighted by Gasteiger charge is -2.05. The molecule has 20 heavy (non-hydrogen) atoms. The molecule has 0 unspecified atom stereocenters. The molecule has 5 nitrogen and oxygen atoms in total. The molecule has 0 saturated heterocycles. The molecule has 0 aliphatic heterocycles. The smallest absolute Gasteiger partial charge is 0.270 e. The van der Waals surface area contributed by atoms with Crippen LogP contribution >= 0.6 is 0 Å². The van der Waals surface area contributed by atoms with Crippen molar-refractivity contribution in [1.29, 1.82) is 0 Å². The van der Waals surface area contributed by atoms with E-state index in [2.05, 4.69) is 20.3 Å². The summed E-state index contributed by atoms with van der Waals surface area (Å²) in [5, 5.41) is 2.88. The van der Waals surface area contributed by atoms with Crippen molar-refractivity contribution in [2.45, 2.75) is 25.2 Å². The van der Waals surface area contributed by atoms with Gasteiger partial charge in [-0.25, -0.2) is 9.97 Å². The van der Waals surface area contributed by atoms with Crippen molar-refractivity contribution in [2.24, 2.45) is 0 Å². The fourth-order valence-electron chi connectivity index (χ4n) is 2.06. The molecule has 5 heteroatoms. The van der Waals surface area contributed by atoms with Crippen LogP contribution in [0.4, 0.5) is 0 Å². The Balaban J connectivity index is 1.55. The summed E-state index contributed by atoms with van der Waals surface area (Å²) in [6.07, 6.45) is 8.10. The lowest BCUT2D eigenvalue weighted by Crippen LogP contribution is -2.26. The van der Waals surface area contributed by atoms with Gasteiger partial charge in [0.05, 0.1) is 0 Å². The van der Waals surface area contributed by atoms with Crippen LogP contribution < -0.4 is 5.32 Å². The summed E-state index contributed by atoms with van der Waals surface area (Å²) in [6.45, 7) is 0.589. The predicted molar refractivity (Wildman–Crippen MR) is 74.3 cm³/mol. The highest BCUT2D eigenvalue weighted by Crippen LogP contribution is 2.38. The van der Waals surface area contributed by atoms with Crippen LogP contribution in [0.5, 0.6) is 0 Å². The quantitative estimate of drug-likeness (QED) is 0.896. The van der Waals surface area contributed by atoms with Crippen LogP contribution in [0.25, 0.3) is 0 Å².